The van der Waals surface area contributed by atoms with E-state index in [4.69, 9.17) is 0 Å². The van der Waals surface area contributed by atoms with Gasteiger partial charge in [-0.25, -0.2) is 9.18 Å². The van der Waals surface area contributed by atoms with E-state index in [2.05, 4.69) is 17.6 Å². The van der Waals surface area contributed by atoms with Crippen molar-refractivity contribution in [2.24, 2.45) is 5.92 Å². The molecule has 4 amide bonds. The van der Waals surface area contributed by atoms with Gasteiger partial charge in [0.25, 0.3) is 5.91 Å². The van der Waals surface area contributed by atoms with E-state index in [1.807, 2.05) is 19.0 Å². The van der Waals surface area contributed by atoms with Crippen molar-refractivity contribution in [3.63, 3.8) is 0 Å². The van der Waals surface area contributed by atoms with E-state index < -0.39 is 17.5 Å². The molecular formula is C21H29FN4O3. The summed E-state index contributed by atoms with van der Waals surface area (Å²) in [5.74, 6) is -0.530. The van der Waals surface area contributed by atoms with Gasteiger partial charge in [0.05, 0.1) is 6.04 Å². The van der Waals surface area contributed by atoms with E-state index in [-0.39, 0.29) is 30.9 Å². The maximum atomic E-state index is 13.6. The Hall–Kier alpha value is -2.48. The number of hydrogen-bond donors (Lipinski definition) is 2. The van der Waals surface area contributed by atoms with Crippen LogP contribution in [-0.4, -0.2) is 60.4 Å². The average Bonchev–Trinajstić information content (AvgIpc) is 2.88. The van der Waals surface area contributed by atoms with Crippen LogP contribution in [-0.2, 0) is 9.59 Å². The molecule has 2 fully saturated rings. The van der Waals surface area contributed by atoms with Crippen LogP contribution in [0.25, 0.3) is 0 Å². The fraction of sp³-hybridized carbons (Fsp3) is 0.571. The first-order valence-corrected chi connectivity index (χ1v) is 10.0. The number of nitrogens with zero attached hydrogens (tertiary/aromatic N) is 2. The van der Waals surface area contributed by atoms with Crippen LogP contribution >= 0.6 is 0 Å². The predicted molar refractivity (Wildman–Crippen MR) is 106 cm³/mol. The molecule has 158 valence electrons. The van der Waals surface area contributed by atoms with Crippen molar-refractivity contribution in [2.45, 2.75) is 44.2 Å². The van der Waals surface area contributed by atoms with E-state index >= 15 is 0 Å². The molecule has 3 rings (SSSR count). The third-order valence-electron chi connectivity index (χ3n) is 6.02. The number of halogens is 1. The molecule has 1 atom stereocenters. The first-order valence-electron chi connectivity index (χ1n) is 10.0. The lowest BCUT2D eigenvalue weighted by molar-refractivity contribution is -0.136. The van der Waals surface area contributed by atoms with E-state index in [9.17, 15) is 18.8 Å². The van der Waals surface area contributed by atoms with E-state index in [1.165, 1.54) is 12.1 Å². The van der Waals surface area contributed by atoms with Crippen LogP contribution in [0.3, 0.4) is 0 Å². The zero-order valence-corrected chi connectivity index (χ0v) is 17.2. The van der Waals surface area contributed by atoms with Crippen LogP contribution in [0.15, 0.2) is 24.3 Å². The number of urea groups is 1. The number of likely N-dealkylation sites (N-methyl/N-ethyl adjacent to an activating group) is 1. The number of hydrogen-bond acceptors (Lipinski definition) is 4. The van der Waals surface area contributed by atoms with Crippen molar-refractivity contribution in [1.29, 1.82) is 0 Å². The molecule has 0 radical (unpaired) electrons. The summed E-state index contributed by atoms with van der Waals surface area (Å²) in [4.78, 5) is 40.5. The highest BCUT2D eigenvalue weighted by molar-refractivity contribution is 6.09. The van der Waals surface area contributed by atoms with Gasteiger partial charge in [-0.2, -0.15) is 0 Å². The Labute approximate surface area is 170 Å². The predicted octanol–water partition coefficient (Wildman–Crippen LogP) is 2.05. The summed E-state index contributed by atoms with van der Waals surface area (Å²) in [6.45, 7) is 2.06. The summed E-state index contributed by atoms with van der Waals surface area (Å²) >= 11 is 0. The molecule has 29 heavy (non-hydrogen) atoms. The Morgan fingerprint density at radius 1 is 1.34 bits per heavy atom. The Balaban J connectivity index is 1.60. The SMILES string of the molecule is CC1CCC2(CC1)NC(=O)N(CC(=O)NCC(c1cccc(F)c1)N(C)C)C2=O. The van der Waals surface area contributed by atoms with Gasteiger partial charge in [0.15, 0.2) is 0 Å². The Morgan fingerprint density at radius 3 is 2.66 bits per heavy atom. The van der Waals surface area contributed by atoms with Gasteiger partial charge < -0.3 is 15.5 Å². The summed E-state index contributed by atoms with van der Waals surface area (Å²) in [5, 5.41) is 5.59. The minimum absolute atomic E-state index is 0.232. The van der Waals surface area contributed by atoms with Crippen molar-refractivity contribution in [1.82, 2.24) is 20.4 Å². The molecule has 0 bridgehead atoms. The maximum absolute atomic E-state index is 13.6. The van der Waals surface area contributed by atoms with Gasteiger partial charge in [0, 0.05) is 6.54 Å². The molecule has 1 unspecified atom stereocenters. The highest BCUT2D eigenvalue weighted by Gasteiger charge is 2.52. The number of carbonyl (C=O) groups excluding carboxylic acids is 3. The van der Waals surface area contributed by atoms with Crippen molar-refractivity contribution in [2.75, 3.05) is 27.2 Å². The summed E-state index contributed by atoms with van der Waals surface area (Å²) in [6, 6.07) is 5.49. The summed E-state index contributed by atoms with van der Waals surface area (Å²) < 4.78 is 13.6. The van der Waals surface area contributed by atoms with Crippen LogP contribution in [0.4, 0.5) is 9.18 Å². The fourth-order valence-electron chi connectivity index (χ4n) is 4.14. The van der Waals surface area contributed by atoms with Crippen LogP contribution in [0, 0.1) is 11.7 Å². The van der Waals surface area contributed by atoms with Crippen molar-refractivity contribution in [3.05, 3.63) is 35.6 Å². The van der Waals surface area contributed by atoms with E-state index in [0.717, 1.165) is 23.3 Å². The largest absolute Gasteiger partial charge is 0.353 e. The van der Waals surface area contributed by atoms with Gasteiger partial charge >= 0.3 is 6.03 Å². The number of rotatable bonds is 6. The van der Waals surface area contributed by atoms with Gasteiger partial charge in [0.2, 0.25) is 5.91 Å². The first-order chi connectivity index (χ1) is 13.7. The molecule has 1 aromatic rings. The van der Waals surface area contributed by atoms with E-state index in [0.29, 0.717) is 18.8 Å². The molecule has 1 aliphatic carbocycles. The second-order valence-corrected chi connectivity index (χ2v) is 8.42. The number of imide groups is 1. The second kappa shape index (κ2) is 8.49. The minimum atomic E-state index is -0.850. The number of nitrogens with one attached hydrogen (secondary N) is 2. The topological polar surface area (TPSA) is 81.8 Å². The van der Waals surface area contributed by atoms with Crippen LogP contribution < -0.4 is 10.6 Å². The molecule has 1 heterocycles. The highest BCUT2D eigenvalue weighted by atomic mass is 19.1. The lowest BCUT2D eigenvalue weighted by Gasteiger charge is -2.33. The molecule has 1 aromatic carbocycles. The van der Waals surface area contributed by atoms with E-state index in [1.54, 1.807) is 12.1 Å². The fourth-order valence-corrected chi connectivity index (χ4v) is 4.14. The Kier molecular flexibility index (Phi) is 6.21. The molecular weight excluding hydrogens is 375 g/mol. The molecule has 2 N–H and O–H groups in total. The zero-order chi connectivity index (χ0) is 21.2. The maximum Gasteiger partial charge on any atom is 0.325 e. The summed E-state index contributed by atoms with van der Waals surface area (Å²) in [6.07, 6.45) is 2.98. The molecule has 1 saturated carbocycles. The summed E-state index contributed by atoms with van der Waals surface area (Å²) in [5.41, 5.74) is -0.113. The van der Waals surface area contributed by atoms with Crippen molar-refractivity contribution in [3.8, 4) is 0 Å². The summed E-state index contributed by atoms with van der Waals surface area (Å²) in [7, 11) is 3.68. The third kappa shape index (κ3) is 4.58. The first kappa shape index (κ1) is 21.2. The van der Waals surface area contributed by atoms with Gasteiger partial charge in [-0.1, -0.05) is 19.1 Å². The van der Waals surface area contributed by atoms with Crippen LogP contribution in [0.5, 0.6) is 0 Å². The standard InChI is InChI=1S/C21H29FN4O3/c1-14-7-9-21(10-8-14)19(28)26(20(29)24-21)13-18(27)23-12-17(25(2)3)15-5-4-6-16(22)11-15/h4-6,11,14,17H,7-10,12-13H2,1-3H3,(H,23,27)(H,24,29). The minimum Gasteiger partial charge on any atom is -0.353 e. The lowest BCUT2D eigenvalue weighted by atomic mass is 9.77. The monoisotopic (exact) mass is 404 g/mol. The number of carbonyl (C=O) groups is 3. The van der Waals surface area contributed by atoms with Crippen LogP contribution in [0.1, 0.15) is 44.2 Å². The average molecular weight is 404 g/mol. The molecule has 1 saturated heterocycles. The van der Waals surface area contributed by atoms with Gasteiger partial charge in [0.1, 0.15) is 17.9 Å². The molecule has 0 aromatic heterocycles. The number of amides is 4. The lowest BCUT2D eigenvalue weighted by Crippen LogP contribution is -2.50. The molecule has 2 aliphatic rings. The van der Waals surface area contributed by atoms with Gasteiger partial charge in [-0.05, 0) is 63.4 Å². The van der Waals surface area contributed by atoms with Gasteiger partial charge in [-0.3, -0.25) is 14.5 Å². The third-order valence-corrected chi connectivity index (χ3v) is 6.02. The Morgan fingerprint density at radius 2 is 2.03 bits per heavy atom. The molecule has 7 nitrogen and oxygen atoms in total. The smallest absolute Gasteiger partial charge is 0.325 e. The van der Waals surface area contributed by atoms with Crippen molar-refractivity contribution >= 4 is 17.8 Å². The zero-order valence-electron chi connectivity index (χ0n) is 17.2. The Bertz CT molecular complexity index is 790. The van der Waals surface area contributed by atoms with Crippen molar-refractivity contribution < 1.29 is 18.8 Å². The van der Waals surface area contributed by atoms with Gasteiger partial charge in [-0.15, -0.1) is 0 Å². The molecule has 1 aliphatic heterocycles. The second-order valence-electron chi connectivity index (χ2n) is 8.42. The molecule has 8 heteroatoms. The molecule has 1 spiro atoms. The normalized spacial score (nSPS) is 25.4. The van der Waals surface area contributed by atoms with Crippen LogP contribution in [0.2, 0.25) is 0 Å². The number of benzene rings is 1. The highest BCUT2D eigenvalue weighted by Crippen LogP contribution is 2.36. The quantitative estimate of drug-likeness (QED) is 0.711.